The summed E-state index contributed by atoms with van der Waals surface area (Å²) in [7, 11) is 1.52. The fourth-order valence-electron chi connectivity index (χ4n) is 2.29. The van der Waals surface area contributed by atoms with Gasteiger partial charge in [-0.2, -0.15) is 4.68 Å². The minimum absolute atomic E-state index is 0.0175. The van der Waals surface area contributed by atoms with E-state index < -0.39 is 6.36 Å². The maximum atomic E-state index is 12.2. The van der Waals surface area contributed by atoms with Crippen LogP contribution in [0.1, 0.15) is 0 Å². The average molecular weight is 425 g/mol. The van der Waals surface area contributed by atoms with Gasteiger partial charge in [-0.25, -0.2) is 0 Å². The molecule has 2 aromatic carbocycles. The SMILES string of the molecule is COc1ccccc1-n1nnnc1SCC(=O)Nc1ccc(OC(F)(F)F)cc1. The van der Waals surface area contributed by atoms with Gasteiger partial charge in [0.15, 0.2) is 0 Å². The molecule has 0 fully saturated rings. The Kier molecular flexibility index (Phi) is 6.22. The molecule has 1 aromatic heterocycles. The Labute approximate surface area is 167 Å². The van der Waals surface area contributed by atoms with E-state index in [1.807, 2.05) is 0 Å². The molecule has 0 aliphatic carbocycles. The normalized spacial score (nSPS) is 11.2. The first-order valence-corrected chi connectivity index (χ1v) is 9.04. The number of rotatable bonds is 7. The van der Waals surface area contributed by atoms with Gasteiger partial charge in [-0.15, -0.1) is 18.3 Å². The van der Waals surface area contributed by atoms with Gasteiger partial charge < -0.3 is 14.8 Å². The summed E-state index contributed by atoms with van der Waals surface area (Å²) in [5.41, 5.74) is 0.942. The number of hydrogen-bond acceptors (Lipinski definition) is 7. The molecule has 1 N–H and O–H groups in total. The van der Waals surface area contributed by atoms with Crippen LogP contribution in [0.15, 0.2) is 53.7 Å². The van der Waals surface area contributed by atoms with Gasteiger partial charge in [0, 0.05) is 5.69 Å². The number of carbonyl (C=O) groups excluding carboxylic acids is 1. The molecule has 3 aromatic rings. The maximum Gasteiger partial charge on any atom is 0.573 e. The molecule has 0 aliphatic rings. The highest BCUT2D eigenvalue weighted by Gasteiger charge is 2.31. The third kappa shape index (κ3) is 5.60. The van der Waals surface area contributed by atoms with Crippen molar-refractivity contribution < 1.29 is 27.4 Å². The second kappa shape index (κ2) is 8.82. The Balaban J connectivity index is 1.60. The number of methoxy groups -OCH3 is 1. The van der Waals surface area contributed by atoms with Crippen molar-refractivity contribution >= 4 is 23.4 Å². The third-order valence-electron chi connectivity index (χ3n) is 3.46. The van der Waals surface area contributed by atoms with E-state index in [1.54, 1.807) is 24.3 Å². The summed E-state index contributed by atoms with van der Waals surface area (Å²) >= 11 is 1.09. The van der Waals surface area contributed by atoms with Gasteiger partial charge in [0.2, 0.25) is 11.1 Å². The number of benzene rings is 2. The quantitative estimate of drug-likeness (QED) is 0.581. The Bertz CT molecular complexity index is 979. The molecule has 152 valence electrons. The number of thioether (sulfide) groups is 1. The number of carbonyl (C=O) groups is 1. The fraction of sp³-hybridized carbons (Fsp3) is 0.176. The molecule has 0 spiro atoms. The lowest BCUT2D eigenvalue weighted by molar-refractivity contribution is -0.274. The van der Waals surface area contributed by atoms with Crippen LogP contribution in [0.2, 0.25) is 0 Å². The van der Waals surface area contributed by atoms with E-state index in [0.717, 1.165) is 23.9 Å². The zero-order valence-electron chi connectivity index (χ0n) is 14.9. The molecule has 0 unspecified atom stereocenters. The van der Waals surface area contributed by atoms with Gasteiger partial charge >= 0.3 is 6.36 Å². The van der Waals surface area contributed by atoms with Crippen LogP contribution in [0, 0.1) is 0 Å². The first-order valence-electron chi connectivity index (χ1n) is 8.06. The Morgan fingerprint density at radius 2 is 1.90 bits per heavy atom. The first-order chi connectivity index (χ1) is 13.9. The highest BCUT2D eigenvalue weighted by Crippen LogP contribution is 2.26. The van der Waals surface area contributed by atoms with E-state index >= 15 is 0 Å². The molecule has 3 rings (SSSR count). The summed E-state index contributed by atoms with van der Waals surface area (Å²) in [6.07, 6.45) is -4.77. The molecule has 12 heteroatoms. The first kappa shape index (κ1) is 20.5. The number of amides is 1. The van der Waals surface area contributed by atoms with Crippen LogP contribution in [-0.4, -0.2) is 45.3 Å². The monoisotopic (exact) mass is 425 g/mol. The van der Waals surface area contributed by atoms with Crippen LogP contribution in [0.5, 0.6) is 11.5 Å². The van der Waals surface area contributed by atoms with E-state index in [1.165, 1.54) is 23.9 Å². The van der Waals surface area contributed by atoms with E-state index in [4.69, 9.17) is 4.74 Å². The molecule has 0 radical (unpaired) electrons. The van der Waals surface area contributed by atoms with Crippen LogP contribution < -0.4 is 14.8 Å². The van der Waals surface area contributed by atoms with Crippen LogP contribution in [0.3, 0.4) is 0 Å². The molecule has 0 saturated carbocycles. The second-order valence-electron chi connectivity index (χ2n) is 5.45. The van der Waals surface area contributed by atoms with Crippen molar-refractivity contribution in [3.63, 3.8) is 0 Å². The van der Waals surface area contributed by atoms with Crippen LogP contribution >= 0.6 is 11.8 Å². The fourth-order valence-corrected chi connectivity index (χ4v) is 2.98. The predicted octanol–water partition coefficient (Wildman–Crippen LogP) is 3.30. The minimum Gasteiger partial charge on any atom is -0.494 e. The molecule has 29 heavy (non-hydrogen) atoms. The molecule has 1 amide bonds. The van der Waals surface area contributed by atoms with Crippen LogP contribution in [0.25, 0.3) is 5.69 Å². The number of tetrazole rings is 1. The zero-order valence-corrected chi connectivity index (χ0v) is 15.7. The zero-order chi connectivity index (χ0) is 20.9. The van der Waals surface area contributed by atoms with Crippen LogP contribution in [-0.2, 0) is 4.79 Å². The van der Waals surface area contributed by atoms with Gasteiger partial charge in [-0.05, 0) is 46.8 Å². The molecule has 0 saturated heterocycles. The highest BCUT2D eigenvalue weighted by atomic mass is 32.2. The lowest BCUT2D eigenvalue weighted by atomic mass is 10.3. The summed E-state index contributed by atoms with van der Waals surface area (Å²) < 4.78 is 47.0. The lowest BCUT2D eigenvalue weighted by Crippen LogP contribution is -2.17. The number of para-hydroxylation sites is 2. The predicted molar refractivity (Wildman–Crippen MR) is 98.2 cm³/mol. The van der Waals surface area contributed by atoms with Gasteiger partial charge in [0.25, 0.3) is 0 Å². The maximum absolute atomic E-state index is 12.2. The Morgan fingerprint density at radius 3 is 2.59 bits per heavy atom. The van der Waals surface area contributed by atoms with Gasteiger partial charge in [-0.3, -0.25) is 4.79 Å². The summed E-state index contributed by atoms with van der Waals surface area (Å²) in [6.45, 7) is 0. The molecule has 0 atom stereocenters. The number of nitrogens with one attached hydrogen (secondary N) is 1. The number of halogens is 3. The van der Waals surface area contributed by atoms with E-state index in [9.17, 15) is 18.0 Å². The van der Waals surface area contributed by atoms with Crippen molar-refractivity contribution in [2.24, 2.45) is 0 Å². The number of alkyl halides is 3. The van der Waals surface area contributed by atoms with Crippen LogP contribution in [0.4, 0.5) is 18.9 Å². The number of anilines is 1. The van der Waals surface area contributed by atoms with Crippen molar-refractivity contribution in [2.75, 3.05) is 18.2 Å². The molecular weight excluding hydrogens is 411 g/mol. The van der Waals surface area contributed by atoms with Crippen molar-refractivity contribution in [3.05, 3.63) is 48.5 Å². The minimum atomic E-state index is -4.77. The van der Waals surface area contributed by atoms with Gasteiger partial charge in [-0.1, -0.05) is 23.9 Å². The van der Waals surface area contributed by atoms with Gasteiger partial charge in [0.1, 0.15) is 17.2 Å². The topological polar surface area (TPSA) is 91.2 Å². The van der Waals surface area contributed by atoms with E-state index in [0.29, 0.717) is 22.3 Å². The number of aromatic nitrogens is 4. The largest absolute Gasteiger partial charge is 0.573 e. The highest BCUT2D eigenvalue weighted by molar-refractivity contribution is 7.99. The Morgan fingerprint density at radius 1 is 1.17 bits per heavy atom. The van der Waals surface area contributed by atoms with E-state index in [-0.39, 0.29) is 17.4 Å². The lowest BCUT2D eigenvalue weighted by Gasteiger charge is -2.10. The molecule has 0 aliphatic heterocycles. The summed E-state index contributed by atoms with van der Waals surface area (Å²) in [6, 6.07) is 12.0. The molecular formula is C17H14F3N5O3S. The smallest absolute Gasteiger partial charge is 0.494 e. The molecule has 8 nitrogen and oxygen atoms in total. The summed E-state index contributed by atoms with van der Waals surface area (Å²) in [5, 5.41) is 14.4. The van der Waals surface area contributed by atoms with E-state index in [2.05, 4.69) is 25.6 Å². The van der Waals surface area contributed by atoms with Crippen molar-refractivity contribution in [1.82, 2.24) is 20.2 Å². The Hall–Kier alpha value is -3.28. The van der Waals surface area contributed by atoms with Crippen molar-refractivity contribution in [3.8, 4) is 17.2 Å². The van der Waals surface area contributed by atoms with Crippen molar-refractivity contribution in [1.29, 1.82) is 0 Å². The number of ether oxygens (including phenoxy) is 2. The van der Waals surface area contributed by atoms with Crippen molar-refractivity contribution in [2.45, 2.75) is 11.5 Å². The standard InChI is InChI=1S/C17H14F3N5O3S/c1-27-14-5-3-2-4-13(14)25-16(22-23-24-25)29-10-15(26)21-11-6-8-12(9-7-11)28-17(18,19)20/h2-9H,10H2,1H3,(H,21,26). The second-order valence-corrected chi connectivity index (χ2v) is 6.40. The number of hydrogen-bond donors (Lipinski definition) is 1. The number of nitrogens with zero attached hydrogens (tertiary/aromatic N) is 4. The molecule has 1 heterocycles. The third-order valence-corrected chi connectivity index (χ3v) is 4.38. The van der Waals surface area contributed by atoms with Gasteiger partial charge in [0.05, 0.1) is 12.9 Å². The average Bonchev–Trinajstić information content (AvgIpc) is 3.15. The summed E-state index contributed by atoms with van der Waals surface area (Å²) in [5.74, 6) is -0.210. The molecule has 0 bridgehead atoms. The summed E-state index contributed by atoms with van der Waals surface area (Å²) in [4.78, 5) is 12.1.